The number of esters is 2. The lowest BCUT2D eigenvalue weighted by Gasteiger charge is -2.07. The zero-order chi connectivity index (χ0) is 20.3. The van der Waals surface area contributed by atoms with Crippen LogP contribution in [0.3, 0.4) is 0 Å². The van der Waals surface area contributed by atoms with E-state index in [0.29, 0.717) is 16.5 Å². The standard InChI is InChI=1S/C19H14ClNO7/c1-2-26-19(23)17-14(12-5-3-4-6-16(12)28-17)10-27-18(22)13-9-11(21(24)25)7-8-15(13)20/h3-9H,2,10H2,1H3. The minimum Gasteiger partial charge on any atom is -0.460 e. The van der Waals surface area contributed by atoms with Crippen LogP contribution in [0, 0.1) is 10.1 Å². The van der Waals surface area contributed by atoms with Crippen molar-refractivity contribution >= 4 is 40.2 Å². The summed E-state index contributed by atoms with van der Waals surface area (Å²) in [6, 6.07) is 10.3. The number of para-hydroxylation sites is 1. The molecule has 0 N–H and O–H groups in total. The molecule has 0 bridgehead atoms. The first-order chi connectivity index (χ1) is 13.4. The molecule has 0 amide bonds. The fourth-order valence-corrected chi connectivity index (χ4v) is 2.80. The first kappa shape index (κ1) is 19.4. The SMILES string of the molecule is CCOC(=O)c1oc2ccccc2c1COC(=O)c1cc([N+](=O)[O-])ccc1Cl. The fourth-order valence-electron chi connectivity index (χ4n) is 2.60. The molecule has 0 aliphatic rings. The Morgan fingerprint density at radius 2 is 1.89 bits per heavy atom. The van der Waals surface area contributed by atoms with Gasteiger partial charge in [-0.2, -0.15) is 0 Å². The highest BCUT2D eigenvalue weighted by molar-refractivity contribution is 6.33. The molecular formula is C19H14ClNO7. The molecule has 0 saturated heterocycles. The molecule has 9 heteroatoms. The van der Waals surface area contributed by atoms with Crippen molar-refractivity contribution in [3.8, 4) is 0 Å². The van der Waals surface area contributed by atoms with Gasteiger partial charge in [-0.25, -0.2) is 9.59 Å². The Kier molecular flexibility index (Phi) is 5.60. The minimum absolute atomic E-state index is 0.0123. The van der Waals surface area contributed by atoms with E-state index in [2.05, 4.69) is 0 Å². The van der Waals surface area contributed by atoms with Gasteiger partial charge in [-0.05, 0) is 19.1 Å². The second-order valence-electron chi connectivity index (χ2n) is 5.62. The Bertz CT molecular complexity index is 1070. The van der Waals surface area contributed by atoms with Gasteiger partial charge in [0.05, 0.1) is 27.7 Å². The predicted octanol–water partition coefficient (Wildman–Crippen LogP) is 4.53. The van der Waals surface area contributed by atoms with Gasteiger partial charge in [-0.3, -0.25) is 10.1 Å². The molecule has 0 spiro atoms. The lowest BCUT2D eigenvalue weighted by molar-refractivity contribution is -0.384. The van der Waals surface area contributed by atoms with Crippen LogP contribution in [0.5, 0.6) is 0 Å². The van der Waals surface area contributed by atoms with Crippen molar-refractivity contribution in [1.82, 2.24) is 0 Å². The second-order valence-corrected chi connectivity index (χ2v) is 6.03. The summed E-state index contributed by atoms with van der Waals surface area (Å²) < 4.78 is 15.8. The summed E-state index contributed by atoms with van der Waals surface area (Å²) in [7, 11) is 0. The number of hydrogen-bond acceptors (Lipinski definition) is 7. The molecule has 0 fully saturated rings. The maximum Gasteiger partial charge on any atom is 0.374 e. The van der Waals surface area contributed by atoms with Crippen LogP contribution in [0.25, 0.3) is 11.0 Å². The lowest BCUT2D eigenvalue weighted by atomic mass is 10.1. The topological polar surface area (TPSA) is 109 Å². The Hall–Kier alpha value is -3.39. The third-order valence-corrected chi connectivity index (χ3v) is 4.22. The van der Waals surface area contributed by atoms with Crippen LogP contribution in [-0.2, 0) is 16.1 Å². The largest absolute Gasteiger partial charge is 0.460 e. The third kappa shape index (κ3) is 3.81. The van der Waals surface area contributed by atoms with E-state index in [0.717, 1.165) is 6.07 Å². The van der Waals surface area contributed by atoms with Crippen molar-refractivity contribution in [3.63, 3.8) is 0 Å². The van der Waals surface area contributed by atoms with Gasteiger partial charge in [0.15, 0.2) is 0 Å². The molecule has 8 nitrogen and oxygen atoms in total. The van der Waals surface area contributed by atoms with Crippen LogP contribution in [0.4, 0.5) is 5.69 Å². The summed E-state index contributed by atoms with van der Waals surface area (Å²) in [6.45, 7) is 1.51. The number of furan rings is 1. The molecule has 144 valence electrons. The molecule has 1 aromatic heterocycles. The maximum atomic E-state index is 12.4. The van der Waals surface area contributed by atoms with E-state index >= 15 is 0 Å². The summed E-state index contributed by atoms with van der Waals surface area (Å²) in [5, 5.41) is 11.5. The Morgan fingerprint density at radius 1 is 1.14 bits per heavy atom. The van der Waals surface area contributed by atoms with E-state index in [1.54, 1.807) is 31.2 Å². The van der Waals surface area contributed by atoms with E-state index < -0.39 is 16.9 Å². The monoisotopic (exact) mass is 403 g/mol. The first-order valence-corrected chi connectivity index (χ1v) is 8.58. The zero-order valence-electron chi connectivity index (χ0n) is 14.6. The summed E-state index contributed by atoms with van der Waals surface area (Å²) >= 11 is 5.96. The number of halogens is 1. The third-order valence-electron chi connectivity index (χ3n) is 3.89. The molecule has 0 radical (unpaired) electrons. The van der Waals surface area contributed by atoms with Gasteiger partial charge in [-0.1, -0.05) is 29.8 Å². The molecule has 0 aliphatic carbocycles. The average Bonchev–Trinajstić information content (AvgIpc) is 3.05. The quantitative estimate of drug-likeness (QED) is 0.338. The number of ether oxygens (including phenoxy) is 2. The highest BCUT2D eigenvalue weighted by atomic mass is 35.5. The molecule has 2 aromatic carbocycles. The van der Waals surface area contributed by atoms with Crippen LogP contribution in [0.2, 0.25) is 5.02 Å². The van der Waals surface area contributed by atoms with Crippen LogP contribution in [0.15, 0.2) is 46.9 Å². The molecule has 0 saturated carbocycles. The summed E-state index contributed by atoms with van der Waals surface area (Å²) in [5.41, 5.74) is 0.326. The van der Waals surface area contributed by atoms with Crippen molar-refractivity contribution in [2.45, 2.75) is 13.5 Å². The van der Waals surface area contributed by atoms with Crippen LogP contribution in [0.1, 0.15) is 33.4 Å². The summed E-state index contributed by atoms with van der Waals surface area (Å²) in [4.78, 5) is 34.8. The number of nitro groups is 1. The molecule has 0 aliphatic heterocycles. The van der Waals surface area contributed by atoms with E-state index in [-0.39, 0.29) is 35.2 Å². The van der Waals surface area contributed by atoms with Crippen LogP contribution < -0.4 is 0 Å². The average molecular weight is 404 g/mol. The van der Waals surface area contributed by atoms with Gasteiger partial charge >= 0.3 is 11.9 Å². The smallest absolute Gasteiger partial charge is 0.374 e. The lowest BCUT2D eigenvalue weighted by Crippen LogP contribution is -2.10. The van der Waals surface area contributed by atoms with Crippen molar-refractivity contribution in [3.05, 3.63) is 74.5 Å². The zero-order valence-corrected chi connectivity index (χ0v) is 15.4. The summed E-state index contributed by atoms with van der Waals surface area (Å²) in [6.07, 6.45) is 0. The number of nitro benzene ring substituents is 1. The van der Waals surface area contributed by atoms with Gasteiger partial charge in [0, 0.05) is 17.5 Å². The molecule has 1 heterocycles. The van der Waals surface area contributed by atoms with Gasteiger partial charge in [0.2, 0.25) is 5.76 Å². The number of carbonyl (C=O) groups excluding carboxylic acids is 2. The minimum atomic E-state index is -0.867. The highest BCUT2D eigenvalue weighted by Crippen LogP contribution is 2.28. The van der Waals surface area contributed by atoms with Crippen molar-refractivity contribution < 1.29 is 28.4 Å². The fraction of sp³-hybridized carbons (Fsp3) is 0.158. The van der Waals surface area contributed by atoms with Crippen molar-refractivity contribution in [2.75, 3.05) is 6.61 Å². The van der Waals surface area contributed by atoms with E-state index in [4.69, 9.17) is 25.5 Å². The maximum absolute atomic E-state index is 12.4. The molecule has 0 atom stereocenters. The molecule has 28 heavy (non-hydrogen) atoms. The molecule has 3 rings (SSSR count). The number of nitrogens with zero attached hydrogens (tertiary/aromatic N) is 1. The van der Waals surface area contributed by atoms with Gasteiger partial charge in [0.25, 0.3) is 5.69 Å². The summed E-state index contributed by atoms with van der Waals surface area (Å²) in [5.74, 6) is -1.62. The van der Waals surface area contributed by atoms with Crippen molar-refractivity contribution in [2.24, 2.45) is 0 Å². The van der Waals surface area contributed by atoms with Gasteiger partial charge < -0.3 is 13.9 Å². The highest BCUT2D eigenvalue weighted by Gasteiger charge is 2.24. The van der Waals surface area contributed by atoms with Crippen LogP contribution >= 0.6 is 11.6 Å². The normalized spacial score (nSPS) is 10.6. The molecular weight excluding hydrogens is 390 g/mol. The number of fused-ring (bicyclic) bond motifs is 1. The molecule has 3 aromatic rings. The predicted molar refractivity (Wildman–Crippen MR) is 99.4 cm³/mol. The number of hydrogen-bond donors (Lipinski definition) is 0. The Balaban J connectivity index is 1.90. The van der Waals surface area contributed by atoms with E-state index in [1.807, 2.05) is 0 Å². The number of carbonyl (C=O) groups is 2. The number of non-ortho nitro benzene ring substituents is 1. The Labute approximate surface area is 163 Å². The second kappa shape index (κ2) is 8.10. The van der Waals surface area contributed by atoms with Gasteiger partial charge in [-0.15, -0.1) is 0 Å². The van der Waals surface area contributed by atoms with Gasteiger partial charge in [0.1, 0.15) is 12.2 Å². The number of rotatable bonds is 6. The number of benzene rings is 2. The first-order valence-electron chi connectivity index (χ1n) is 8.21. The van der Waals surface area contributed by atoms with E-state index in [9.17, 15) is 19.7 Å². The Morgan fingerprint density at radius 3 is 2.61 bits per heavy atom. The molecule has 0 unspecified atom stereocenters. The van der Waals surface area contributed by atoms with Crippen molar-refractivity contribution in [1.29, 1.82) is 0 Å². The van der Waals surface area contributed by atoms with E-state index in [1.165, 1.54) is 12.1 Å². The van der Waals surface area contributed by atoms with Crippen LogP contribution in [-0.4, -0.2) is 23.5 Å².